The lowest BCUT2D eigenvalue weighted by Crippen LogP contribution is -2.44. The van der Waals surface area contributed by atoms with E-state index in [2.05, 4.69) is 33.0 Å². The van der Waals surface area contributed by atoms with Crippen molar-refractivity contribution in [2.45, 2.75) is 86.3 Å². The number of imide groups is 1. The summed E-state index contributed by atoms with van der Waals surface area (Å²) >= 11 is 33.6. The first-order valence-electron chi connectivity index (χ1n) is 22.3. The summed E-state index contributed by atoms with van der Waals surface area (Å²) in [5.74, 6) is -0.0113. The third kappa shape index (κ3) is 20.1. The maximum Gasteiger partial charge on any atom is 0.272 e. The van der Waals surface area contributed by atoms with E-state index in [1.165, 1.54) is 0 Å². The number of nitrogens with two attached hydrogens (primary N) is 3. The van der Waals surface area contributed by atoms with Gasteiger partial charge in [0.15, 0.2) is 0 Å². The van der Waals surface area contributed by atoms with E-state index in [-0.39, 0.29) is 38.5 Å². The molecule has 0 bridgehead atoms. The third-order valence-electron chi connectivity index (χ3n) is 10.7. The van der Waals surface area contributed by atoms with Gasteiger partial charge >= 0.3 is 0 Å². The molecule has 3 aromatic carbocycles. The van der Waals surface area contributed by atoms with Gasteiger partial charge in [-0.25, -0.2) is 8.78 Å². The molecule has 0 aromatic heterocycles. The Morgan fingerprint density at radius 3 is 1.28 bits per heavy atom. The number of fused-ring (bicyclic) bond motifs is 1. The molecule has 12 N–H and O–H groups in total. The van der Waals surface area contributed by atoms with Crippen LogP contribution >= 0.6 is 69.6 Å². The van der Waals surface area contributed by atoms with Gasteiger partial charge in [0.1, 0.15) is 11.7 Å². The molecule has 24 heteroatoms. The summed E-state index contributed by atoms with van der Waals surface area (Å²) in [4.78, 5) is 76.6. The number of aliphatic hydroxyl groups is 2. The Kier molecular flexibility index (Phi) is 27.1. The molecule has 396 valence electrons. The number of benzene rings is 3. The Morgan fingerprint density at radius 1 is 0.625 bits per heavy atom. The summed E-state index contributed by atoms with van der Waals surface area (Å²) in [5.41, 5.74) is 8.43. The van der Waals surface area contributed by atoms with E-state index in [1.807, 2.05) is 0 Å². The van der Waals surface area contributed by atoms with Crippen molar-refractivity contribution >= 4 is 116 Å². The van der Waals surface area contributed by atoms with Gasteiger partial charge in [0.05, 0.1) is 48.3 Å². The monoisotopic (exact) mass is 1120 g/mol. The molecule has 0 spiro atoms. The summed E-state index contributed by atoms with van der Waals surface area (Å²) in [7, 11) is 0. The SMILES string of the molecule is CC(C)[C@H](NC(=O)C(Cl)(Cl)Cl)/C(F)=C/[C@@H](CCCN)C(=O)Nc1ccc(CO)cc1.CC(C)[C@H](NC(=O)C(Cl)(Cl)Cl)/C(F)=C/[C@@H](CCCN1C(=O)c2ccccc2C1=O)C(=O)Nc1ccc(CO)cc1.NN. The molecule has 0 fully saturated rings. The lowest BCUT2D eigenvalue weighted by atomic mass is 9.96. The lowest BCUT2D eigenvalue weighted by molar-refractivity contribution is -0.121. The van der Waals surface area contributed by atoms with E-state index in [0.717, 1.165) is 17.1 Å². The van der Waals surface area contributed by atoms with Crippen LogP contribution in [0, 0.1) is 23.7 Å². The van der Waals surface area contributed by atoms with Gasteiger partial charge in [-0.05, 0) is 104 Å². The zero-order valence-corrected chi connectivity index (χ0v) is 44.3. The van der Waals surface area contributed by atoms with Crippen molar-refractivity contribution in [1.29, 1.82) is 0 Å². The van der Waals surface area contributed by atoms with Gasteiger partial charge in [-0.1, -0.05) is 134 Å². The van der Waals surface area contributed by atoms with Crippen molar-refractivity contribution in [3.8, 4) is 0 Å². The predicted molar refractivity (Wildman–Crippen MR) is 279 cm³/mol. The number of nitrogens with zero attached hydrogens (tertiary/aromatic N) is 1. The zero-order chi connectivity index (χ0) is 54.5. The number of nitrogens with one attached hydrogen (secondary N) is 4. The van der Waals surface area contributed by atoms with Gasteiger partial charge < -0.3 is 37.2 Å². The molecule has 72 heavy (non-hydrogen) atoms. The Morgan fingerprint density at radius 2 is 0.972 bits per heavy atom. The van der Waals surface area contributed by atoms with Crippen molar-refractivity contribution in [1.82, 2.24) is 15.5 Å². The third-order valence-corrected chi connectivity index (χ3v) is 11.7. The summed E-state index contributed by atoms with van der Waals surface area (Å²) < 4.78 is 26.0. The summed E-state index contributed by atoms with van der Waals surface area (Å²) in [6.07, 6.45) is 3.33. The molecule has 4 atom stereocenters. The minimum absolute atomic E-state index is 0.0222. The van der Waals surface area contributed by atoms with Crippen LogP contribution in [0.25, 0.3) is 0 Å². The van der Waals surface area contributed by atoms with Crippen LogP contribution in [-0.4, -0.2) is 83.3 Å². The molecule has 16 nitrogen and oxygen atoms in total. The van der Waals surface area contributed by atoms with Crippen molar-refractivity contribution in [3.05, 3.63) is 119 Å². The van der Waals surface area contributed by atoms with E-state index < -0.39 is 84.5 Å². The van der Waals surface area contributed by atoms with Crippen LogP contribution in [0.15, 0.2) is 96.6 Å². The predicted octanol–water partition coefficient (Wildman–Crippen LogP) is 7.83. The molecule has 1 aliphatic heterocycles. The van der Waals surface area contributed by atoms with Crippen LogP contribution in [-0.2, 0) is 32.4 Å². The van der Waals surface area contributed by atoms with Crippen molar-refractivity contribution in [3.63, 3.8) is 0 Å². The van der Waals surface area contributed by atoms with Gasteiger partial charge in [-0.15, -0.1) is 0 Å². The van der Waals surface area contributed by atoms with Crippen molar-refractivity contribution < 1.29 is 47.8 Å². The molecule has 0 aliphatic carbocycles. The molecule has 0 saturated heterocycles. The first-order valence-corrected chi connectivity index (χ1v) is 24.6. The first kappa shape index (κ1) is 63.7. The molecule has 3 aromatic rings. The molecule has 0 saturated carbocycles. The largest absolute Gasteiger partial charge is 0.392 e. The number of hydrogen-bond donors (Lipinski definition) is 9. The van der Waals surface area contributed by atoms with Crippen LogP contribution in [0.3, 0.4) is 0 Å². The normalized spacial score (nSPS) is 14.5. The quantitative estimate of drug-likeness (QED) is 0.0215. The van der Waals surface area contributed by atoms with Crippen molar-refractivity contribution in [2.24, 2.45) is 41.1 Å². The summed E-state index contributed by atoms with van der Waals surface area (Å²) in [6, 6.07) is 17.3. The van der Waals surface area contributed by atoms with Crippen LogP contribution < -0.4 is 38.7 Å². The average Bonchev–Trinajstić information content (AvgIpc) is 3.58. The Balaban J connectivity index is 0.000000497. The van der Waals surface area contributed by atoms with Gasteiger partial charge in [0, 0.05) is 17.9 Å². The standard InChI is InChI=1S/C28H29Cl3FN3O5.C20H27Cl3FN3O3.H4N2/c1-16(2)23(34-27(40)28(29,30)31)22(32)14-18(24(37)33-19-11-9-17(15-36)10-12-19)6-5-13-35-25(38)20-7-3-4-8-21(20)26(35)39;1-12(2)17(27-19(30)20(21,22)23)16(24)10-14(4-3-9-25)18(29)26-15-7-5-13(11-28)6-8-15;1-2/h3-4,7-12,14,16,18,23,36H,5-6,13,15H2,1-2H3,(H,33,37)(H,34,40);5-8,10,12,14,17,28H,3-4,9,11,25H2,1-2H3,(H,26,29)(H,27,30);1-2H2/b22-14-;16-10-;/t18-,23+;14-,17+;/m11./s1. The highest BCUT2D eigenvalue weighted by Crippen LogP contribution is 2.30. The van der Waals surface area contributed by atoms with Gasteiger partial charge in [-0.2, -0.15) is 0 Å². The second kappa shape index (κ2) is 30.7. The van der Waals surface area contributed by atoms with Crippen LogP contribution in [0.5, 0.6) is 0 Å². The Labute approximate surface area is 447 Å². The minimum atomic E-state index is -2.31. The maximum absolute atomic E-state index is 15.5. The number of alkyl halides is 6. The highest BCUT2D eigenvalue weighted by Gasteiger charge is 2.37. The van der Waals surface area contributed by atoms with E-state index in [1.54, 1.807) is 100 Å². The highest BCUT2D eigenvalue weighted by molar-refractivity contribution is 6.76. The number of rotatable bonds is 21. The second-order valence-corrected chi connectivity index (χ2v) is 21.3. The second-order valence-electron chi connectivity index (χ2n) is 16.8. The lowest BCUT2D eigenvalue weighted by Gasteiger charge is -2.24. The highest BCUT2D eigenvalue weighted by atomic mass is 35.6. The first-order chi connectivity index (χ1) is 33.8. The summed E-state index contributed by atoms with van der Waals surface area (Å²) in [5, 5.41) is 28.5. The van der Waals surface area contributed by atoms with E-state index in [4.69, 9.17) is 80.4 Å². The smallest absolute Gasteiger partial charge is 0.272 e. The van der Waals surface area contributed by atoms with Gasteiger partial charge in [0.25, 0.3) is 31.2 Å². The maximum atomic E-state index is 15.5. The number of carbonyl (C=O) groups excluding carboxylic acids is 6. The Hall–Kier alpha value is -4.44. The molecular weight excluding hydrogens is 1070 g/mol. The van der Waals surface area contributed by atoms with Gasteiger partial charge in [0.2, 0.25) is 11.8 Å². The number of anilines is 2. The van der Waals surface area contributed by atoms with Crippen molar-refractivity contribution in [2.75, 3.05) is 23.7 Å². The fourth-order valence-electron chi connectivity index (χ4n) is 6.83. The number of amides is 6. The van der Waals surface area contributed by atoms with E-state index in [0.29, 0.717) is 53.0 Å². The van der Waals surface area contributed by atoms with E-state index in [9.17, 15) is 33.9 Å². The number of hydrogen-bond acceptors (Lipinski definition) is 11. The number of aliphatic hydroxyl groups excluding tert-OH is 2. The average molecular weight is 1130 g/mol. The summed E-state index contributed by atoms with van der Waals surface area (Å²) in [6.45, 7) is 6.75. The van der Waals surface area contributed by atoms with Crippen LogP contribution in [0.1, 0.15) is 85.2 Å². The van der Waals surface area contributed by atoms with E-state index >= 15 is 8.78 Å². The van der Waals surface area contributed by atoms with Crippen LogP contribution in [0.2, 0.25) is 0 Å². The molecule has 4 rings (SSSR count). The number of hydrazine groups is 1. The fraction of sp³-hybridized carbons (Fsp3) is 0.417. The topological polar surface area (TPSA) is 272 Å². The van der Waals surface area contributed by atoms with Gasteiger partial charge in [-0.3, -0.25) is 45.4 Å². The number of carbonyl (C=O) groups is 6. The van der Waals surface area contributed by atoms with Crippen LogP contribution in [0.4, 0.5) is 20.2 Å². The molecule has 6 amide bonds. The molecule has 1 aliphatic rings. The number of halogens is 8. The molecular formula is C48H60Cl6F2N8O8. The molecule has 0 unspecified atom stereocenters. The Bertz CT molecular complexity index is 2320. The molecule has 1 heterocycles. The zero-order valence-electron chi connectivity index (χ0n) is 39.8. The fourth-order valence-corrected chi connectivity index (χ4v) is 7.16. The molecule has 0 radical (unpaired) electrons. The minimum Gasteiger partial charge on any atom is -0.392 e.